The normalized spacial score (nSPS) is 23.0. The van der Waals surface area contributed by atoms with Gasteiger partial charge in [0.25, 0.3) is 0 Å². The molecular weight excluding hydrogens is 288 g/mol. The molecule has 1 aromatic rings. The molecule has 1 N–H and O–H groups in total. The molecule has 5 nitrogen and oxygen atoms in total. The van der Waals surface area contributed by atoms with Crippen molar-refractivity contribution in [2.75, 3.05) is 29.8 Å². The second-order valence-corrected chi connectivity index (χ2v) is 7.61. The SMILES string of the molecule is O=S(=O)(CC1CCCCN1)N1CCCOc2ccccc21. The zero-order valence-corrected chi connectivity index (χ0v) is 12.9. The highest BCUT2D eigenvalue weighted by molar-refractivity contribution is 7.92. The first kappa shape index (κ1) is 14.7. The molecule has 3 rings (SSSR count). The predicted molar refractivity (Wildman–Crippen MR) is 83.3 cm³/mol. The number of sulfonamides is 1. The van der Waals surface area contributed by atoms with Gasteiger partial charge >= 0.3 is 0 Å². The Morgan fingerprint density at radius 3 is 2.90 bits per heavy atom. The van der Waals surface area contributed by atoms with E-state index in [1.165, 1.54) is 4.31 Å². The number of piperidine rings is 1. The molecule has 6 heteroatoms. The lowest BCUT2D eigenvalue weighted by Crippen LogP contribution is -2.44. The molecular formula is C15H22N2O3S. The van der Waals surface area contributed by atoms with E-state index in [2.05, 4.69) is 5.32 Å². The van der Waals surface area contributed by atoms with Gasteiger partial charge in [-0.15, -0.1) is 0 Å². The van der Waals surface area contributed by atoms with Gasteiger partial charge in [-0.3, -0.25) is 4.31 Å². The van der Waals surface area contributed by atoms with Gasteiger partial charge < -0.3 is 10.1 Å². The lowest BCUT2D eigenvalue weighted by atomic mass is 10.1. The summed E-state index contributed by atoms with van der Waals surface area (Å²) in [4.78, 5) is 0. The summed E-state index contributed by atoms with van der Waals surface area (Å²) in [6.45, 7) is 1.97. The Labute approximate surface area is 126 Å². The summed E-state index contributed by atoms with van der Waals surface area (Å²) < 4.78 is 32.8. The highest BCUT2D eigenvalue weighted by Gasteiger charge is 2.30. The maximum atomic E-state index is 12.8. The third-order valence-corrected chi connectivity index (χ3v) is 5.93. The van der Waals surface area contributed by atoms with Gasteiger partial charge in [-0.1, -0.05) is 18.6 Å². The molecule has 1 atom stereocenters. The Morgan fingerprint density at radius 1 is 1.24 bits per heavy atom. The second-order valence-electron chi connectivity index (χ2n) is 5.67. The van der Waals surface area contributed by atoms with E-state index in [-0.39, 0.29) is 11.8 Å². The van der Waals surface area contributed by atoms with Gasteiger partial charge in [0, 0.05) is 19.0 Å². The van der Waals surface area contributed by atoms with Crippen molar-refractivity contribution < 1.29 is 13.2 Å². The van der Waals surface area contributed by atoms with E-state index in [1.807, 2.05) is 24.3 Å². The van der Waals surface area contributed by atoms with Crippen LogP contribution in [0.1, 0.15) is 25.7 Å². The molecule has 0 radical (unpaired) electrons. The van der Waals surface area contributed by atoms with Crippen LogP contribution in [0.4, 0.5) is 5.69 Å². The van der Waals surface area contributed by atoms with E-state index in [0.717, 1.165) is 25.8 Å². The van der Waals surface area contributed by atoms with Gasteiger partial charge in [-0.2, -0.15) is 0 Å². The van der Waals surface area contributed by atoms with Gasteiger partial charge in [0.2, 0.25) is 10.0 Å². The fourth-order valence-electron chi connectivity index (χ4n) is 3.00. The van der Waals surface area contributed by atoms with Crippen LogP contribution in [0.2, 0.25) is 0 Å². The number of hydrogen-bond acceptors (Lipinski definition) is 4. The minimum atomic E-state index is -3.33. The van der Waals surface area contributed by atoms with Gasteiger partial charge in [0.05, 0.1) is 18.0 Å². The summed E-state index contributed by atoms with van der Waals surface area (Å²) in [5.74, 6) is 0.830. The number of ether oxygens (including phenoxy) is 1. The quantitative estimate of drug-likeness (QED) is 0.924. The minimum absolute atomic E-state index is 0.0695. The van der Waals surface area contributed by atoms with Crippen LogP contribution in [0.15, 0.2) is 24.3 Å². The molecule has 2 aliphatic heterocycles. The topological polar surface area (TPSA) is 58.6 Å². The van der Waals surface area contributed by atoms with Gasteiger partial charge in [0.1, 0.15) is 5.75 Å². The van der Waals surface area contributed by atoms with Crippen molar-refractivity contribution in [3.8, 4) is 5.75 Å². The van der Waals surface area contributed by atoms with Crippen LogP contribution in [0.3, 0.4) is 0 Å². The summed E-state index contributed by atoms with van der Waals surface area (Å²) in [6, 6.07) is 7.46. The van der Waals surface area contributed by atoms with Crippen LogP contribution in [-0.2, 0) is 10.0 Å². The first-order chi connectivity index (χ1) is 10.2. The zero-order chi connectivity index (χ0) is 14.7. The smallest absolute Gasteiger partial charge is 0.236 e. The number of anilines is 1. The van der Waals surface area contributed by atoms with Crippen molar-refractivity contribution in [2.45, 2.75) is 31.7 Å². The average molecular weight is 310 g/mol. The number of nitrogens with one attached hydrogen (secondary N) is 1. The molecule has 0 aromatic heterocycles. The monoisotopic (exact) mass is 310 g/mol. The van der Waals surface area contributed by atoms with Crippen LogP contribution in [0.25, 0.3) is 0 Å². The lowest BCUT2D eigenvalue weighted by molar-refractivity contribution is 0.322. The Morgan fingerprint density at radius 2 is 2.10 bits per heavy atom. The van der Waals surface area contributed by atoms with Gasteiger partial charge in [-0.05, 0) is 31.5 Å². The van der Waals surface area contributed by atoms with Crippen molar-refractivity contribution in [3.63, 3.8) is 0 Å². The Bertz CT molecular complexity index is 582. The van der Waals surface area contributed by atoms with Crippen molar-refractivity contribution in [1.29, 1.82) is 0 Å². The Balaban J connectivity index is 1.84. The van der Waals surface area contributed by atoms with Crippen molar-refractivity contribution >= 4 is 15.7 Å². The Hall–Kier alpha value is -1.27. The average Bonchev–Trinajstić information content (AvgIpc) is 2.70. The lowest BCUT2D eigenvalue weighted by Gasteiger charge is -2.28. The number of fused-ring (bicyclic) bond motifs is 1. The van der Waals surface area contributed by atoms with Crippen molar-refractivity contribution in [1.82, 2.24) is 5.32 Å². The van der Waals surface area contributed by atoms with E-state index < -0.39 is 10.0 Å². The van der Waals surface area contributed by atoms with Crippen LogP contribution in [0, 0.1) is 0 Å². The fraction of sp³-hybridized carbons (Fsp3) is 0.600. The summed E-state index contributed by atoms with van der Waals surface area (Å²) in [7, 11) is -3.33. The minimum Gasteiger partial charge on any atom is -0.491 e. The maximum absolute atomic E-state index is 12.8. The van der Waals surface area contributed by atoms with Crippen molar-refractivity contribution in [2.24, 2.45) is 0 Å². The number of nitrogens with zero attached hydrogens (tertiary/aromatic N) is 1. The molecule has 0 amide bonds. The van der Waals surface area contributed by atoms with Gasteiger partial charge in [-0.25, -0.2) is 8.42 Å². The zero-order valence-electron chi connectivity index (χ0n) is 12.1. The molecule has 0 bridgehead atoms. The standard InChI is InChI=1S/C15H22N2O3S/c18-21(19,12-13-6-3-4-9-16-13)17-10-5-11-20-15-8-2-1-7-14(15)17/h1-2,7-8,13,16H,3-6,9-12H2. The molecule has 116 valence electrons. The number of para-hydroxylation sites is 2. The second kappa shape index (κ2) is 6.23. The highest BCUT2D eigenvalue weighted by atomic mass is 32.2. The fourth-order valence-corrected chi connectivity index (χ4v) is 4.83. The largest absolute Gasteiger partial charge is 0.491 e. The molecule has 1 aromatic carbocycles. The first-order valence-corrected chi connectivity index (χ1v) is 9.23. The van der Waals surface area contributed by atoms with Crippen LogP contribution < -0.4 is 14.4 Å². The van der Waals surface area contributed by atoms with E-state index in [4.69, 9.17) is 4.74 Å². The molecule has 0 saturated carbocycles. The Kier molecular flexibility index (Phi) is 4.35. The first-order valence-electron chi connectivity index (χ1n) is 7.62. The van der Waals surface area contributed by atoms with Crippen LogP contribution >= 0.6 is 0 Å². The van der Waals surface area contributed by atoms with Crippen LogP contribution in [-0.4, -0.2) is 39.9 Å². The van der Waals surface area contributed by atoms with Crippen molar-refractivity contribution in [3.05, 3.63) is 24.3 Å². The highest BCUT2D eigenvalue weighted by Crippen LogP contribution is 2.32. The van der Waals surface area contributed by atoms with Gasteiger partial charge in [0.15, 0.2) is 0 Å². The third kappa shape index (κ3) is 3.32. The maximum Gasteiger partial charge on any atom is 0.236 e. The third-order valence-electron chi connectivity index (χ3n) is 4.06. The van der Waals surface area contributed by atoms with Crippen LogP contribution in [0.5, 0.6) is 5.75 Å². The molecule has 0 spiro atoms. The van der Waals surface area contributed by atoms with E-state index in [0.29, 0.717) is 31.0 Å². The molecule has 21 heavy (non-hydrogen) atoms. The molecule has 1 saturated heterocycles. The summed E-state index contributed by atoms with van der Waals surface area (Å²) >= 11 is 0. The molecule has 1 fully saturated rings. The van der Waals surface area contributed by atoms with E-state index >= 15 is 0 Å². The molecule has 2 aliphatic rings. The summed E-state index contributed by atoms with van der Waals surface area (Å²) in [5.41, 5.74) is 0.672. The number of benzene rings is 1. The summed E-state index contributed by atoms with van der Waals surface area (Å²) in [6.07, 6.45) is 3.89. The summed E-state index contributed by atoms with van der Waals surface area (Å²) in [5, 5.41) is 3.32. The number of hydrogen-bond donors (Lipinski definition) is 1. The van der Waals surface area contributed by atoms with E-state index in [9.17, 15) is 8.42 Å². The predicted octanol–water partition coefficient (Wildman–Crippen LogP) is 1.75. The molecule has 1 unspecified atom stereocenters. The molecule has 0 aliphatic carbocycles. The molecule has 2 heterocycles. The number of rotatable bonds is 3. The van der Waals surface area contributed by atoms with E-state index in [1.54, 1.807) is 0 Å².